The first-order valence-corrected chi connectivity index (χ1v) is 13.5. The van der Waals surface area contributed by atoms with Gasteiger partial charge >= 0.3 is 0 Å². The van der Waals surface area contributed by atoms with Gasteiger partial charge in [0.1, 0.15) is 5.41 Å². The van der Waals surface area contributed by atoms with Gasteiger partial charge in [0.2, 0.25) is 6.79 Å². The van der Waals surface area contributed by atoms with Crippen molar-refractivity contribution in [2.45, 2.75) is 24.7 Å². The highest BCUT2D eigenvalue weighted by atomic mass is 79.9. The molecular weight excluding hydrogens is 536 g/mol. The van der Waals surface area contributed by atoms with E-state index in [-0.39, 0.29) is 17.0 Å². The van der Waals surface area contributed by atoms with Crippen molar-refractivity contribution in [3.63, 3.8) is 0 Å². The Labute approximate surface area is 236 Å². The van der Waals surface area contributed by atoms with Crippen molar-refractivity contribution in [1.82, 2.24) is 0 Å². The number of fused-ring (bicyclic) bond motifs is 2. The van der Waals surface area contributed by atoms with Crippen LogP contribution in [0.1, 0.15) is 29.5 Å². The molecule has 2 unspecified atom stereocenters. The summed E-state index contributed by atoms with van der Waals surface area (Å²) in [6, 6.07) is 29.8. The fourth-order valence-electron chi connectivity index (χ4n) is 7.09. The average molecular weight is 572 g/mol. The lowest BCUT2D eigenvalue weighted by atomic mass is 9.72. The number of nitrogens with zero attached hydrogens (tertiary/aromatic N) is 2. The summed E-state index contributed by atoms with van der Waals surface area (Å²) in [5.74, 6) is 3.97. The maximum atomic E-state index is 10.5. The summed E-state index contributed by atoms with van der Waals surface area (Å²) in [6.45, 7) is 9.01. The van der Waals surface area contributed by atoms with Crippen molar-refractivity contribution >= 4 is 0 Å². The monoisotopic (exact) mass is 570 g/mol. The summed E-state index contributed by atoms with van der Waals surface area (Å²) < 4.78 is 12.2. The van der Waals surface area contributed by atoms with E-state index in [1.807, 2.05) is 18.2 Å². The lowest BCUT2D eigenvalue weighted by molar-refractivity contribution is -0.916. The minimum absolute atomic E-state index is 0. The van der Waals surface area contributed by atoms with Crippen molar-refractivity contribution in [2.24, 2.45) is 17.8 Å². The zero-order valence-corrected chi connectivity index (χ0v) is 23.4. The first kappa shape index (κ1) is 26.5. The molecule has 4 nitrogen and oxygen atoms in total. The van der Waals surface area contributed by atoms with E-state index >= 15 is 0 Å². The summed E-state index contributed by atoms with van der Waals surface area (Å²) in [7, 11) is 0. The maximum Gasteiger partial charge on any atom is 0.231 e. The van der Waals surface area contributed by atoms with Gasteiger partial charge in [-0.2, -0.15) is 5.26 Å². The molecule has 6 rings (SSSR count). The molecule has 2 fully saturated rings. The Morgan fingerprint density at radius 3 is 2.16 bits per heavy atom. The molecule has 1 aliphatic carbocycles. The van der Waals surface area contributed by atoms with Crippen LogP contribution in [-0.2, 0) is 11.8 Å². The molecule has 2 atom stereocenters. The van der Waals surface area contributed by atoms with Crippen LogP contribution in [0.3, 0.4) is 0 Å². The molecule has 2 heterocycles. The second kappa shape index (κ2) is 11.0. The van der Waals surface area contributed by atoms with E-state index in [0.717, 1.165) is 77.2 Å². The number of nitriles is 1. The number of hydrogen-bond donors (Lipinski definition) is 0. The minimum atomic E-state index is -0.591. The lowest BCUT2D eigenvalue weighted by Crippen LogP contribution is -3.00. The SMILES string of the molecule is C=CC[N+]1(CCc2ccc3c(c2)OCO3)CC2C(CCC(C#N)(c3ccccc3)c3ccccc3)C2C1.[Br-]. The Bertz CT molecular complexity index is 1250. The number of piperidine rings is 1. The normalized spacial score (nSPS) is 24.7. The fraction of sp³-hybridized carbons (Fsp3) is 0.364. The molecule has 0 radical (unpaired) electrons. The molecule has 0 spiro atoms. The predicted octanol–water partition coefficient (Wildman–Crippen LogP) is 3.13. The van der Waals surface area contributed by atoms with E-state index < -0.39 is 5.41 Å². The summed E-state index contributed by atoms with van der Waals surface area (Å²) >= 11 is 0. The quantitative estimate of drug-likeness (QED) is 0.278. The average Bonchev–Trinajstić information content (AvgIpc) is 3.26. The molecular formula is C33H35BrN2O2. The van der Waals surface area contributed by atoms with Gasteiger partial charge in [0.05, 0.1) is 32.2 Å². The maximum absolute atomic E-state index is 10.5. The van der Waals surface area contributed by atoms with E-state index in [1.54, 1.807) is 0 Å². The van der Waals surface area contributed by atoms with Crippen molar-refractivity contribution < 1.29 is 30.9 Å². The summed E-state index contributed by atoms with van der Waals surface area (Å²) in [5, 5.41) is 10.5. The number of likely N-dealkylation sites (tertiary alicyclic amines) is 1. The van der Waals surface area contributed by atoms with Crippen molar-refractivity contribution in [1.29, 1.82) is 5.26 Å². The molecule has 1 saturated carbocycles. The molecule has 38 heavy (non-hydrogen) atoms. The Hall–Kier alpha value is -3.07. The Morgan fingerprint density at radius 1 is 0.921 bits per heavy atom. The Balaban J connectivity index is 0.00000294. The number of halogens is 1. The van der Waals surface area contributed by atoms with Crippen LogP contribution in [0, 0.1) is 29.1 Å². The molecule has 3 aromatic rings. The molecule has 0 bridgehead atoms. The summed E-state index contributed by atoms with van der Waals surface area (Å²) in [5.41, 5.74) is 2.93. The van der Waals surface area contributed by atoms with Crippen molar-refractivity contribution in [3.05, 3.63) is 108 Å². The van der Waals surface area contributed by atoms with Crippen molar-refractivity contribution in [2.75, 3.05) is 33.0 Å². The predicted molar refractivity (Wildman–Crippen MR) is 145 cm³/mol. The molecule has 3 aliphatic rings. The third-order valence-corrected chi connectivity index (χ3v) is 9.11. The van der Waals surface area contributed by atoms with Crippen LogP contribution >= 0.6 is 0 Å². The van der Waals surface area contributed by atoms with E-state index in [9.17, 15) is 5.26 Å². The van der Waals surface area contributed by atoms with Gasteiger partial charge in [-0.1, -0.05) is 73.3 Å². The smallest absolute Gasteiger partial charge is 0.231 e. The highest BCUT2D eigenvalue weighted by Gasteiger charge is 2.62. The standard InChI is InChI=1S/C33H35N2O2.BrH/c1-2-18-35(19-16-25-13-14-31-32(20-25)37-24-36-31)21-29-28(30(29)22-35)15-17-33(23-34,26-9-5-3-6-10-26)27-11-7-4-8-12-27;/h2-14,20,28-30H,1,15-19,21-22,24H2;1H/q+1;/p-1. The summed E-state index contributed by atoms with van der Waals surface area (Å²) in [4.78, 5) is 0. The topological polar surface area (TPSA) is 42.2 Å². The number of hydrogen-bond acceptors (Lipinski definition) is 3. The molecule has 0 amide bonds. The third-order valence-electron chi connectivity index (χ3n) is 9.11. The number of quaternary nitrogens is 1. The van der Waals surface area contributed by atoms with Gasteiger partial charge in [-0.05, 0) is 53.7 Å². The zero-order valence-electron chi connectivity index (χ0n) is 21.8. The molecule has 196 valence electrons. The van der Waals surface area contributed by atoms with Crippen molar-refractivity contribution in [3.8, 4) is 17.6 Å². The van der Waals surface area contributed by atoms with E-state index in [2.05, 4.69) is 79.4 Å². The Kier molecular flexibility index (Phi) is 7.66. The molecule has 2 aliphatic heterocycles. The van der Waals surface area contributed by atoms with E-state index in [4.69, 9.17) is 9.47 Å². The highest BCUT2D eigenvalue weighted by molar-refractivity contribution is 5.46. The summed E-state index contributed by atoms with van der Waals surface area (Å²) in [6.07, 6.45) is 5.11. The first-order valence-electron chi connectivity index (χ1n) is 13.5. The number of ether oxygens (including phenoxy) is 2. The second-order valence-electron chi connectivity index (χ2n) is 11.1. The van der Waals surface area contributed by atoms with Crippen LogP contribution in [0.2, 0.25) is 0 Å². The van der Waals surface area contributed by atoms with Gasteiger partial charge in [0.25, 0.3) is 0 Å². The van der Waals surface area contributed by atoms with Crippen LogP contribution in [-0.4, -0.2) is 37.5 Å². The second-order valence-corrected chi connectivity index (χ2v) is 11.1. The largest absolute Gasteiger partial charge is 1.00 e. The van der Waals surface area contributed by atoms with E-state index in [0.29, 0.717) is 6.79 Å². The minimum Gasteiger partial charge on any atom is -1.00 e. The van der Waals surface area contributed by atoms with Gasteiger partial charge in [0.15, 0.2) is 11.5 Å². The molecule has 1 saturated heterocycles. The van der Waals surface area contributed by atoms with E-state index in [1.165, 1.54) is 18.7 Å². The van der Waals surface area contributed by atoms with Gasteiger partial charge < -0.3 is 30.9 Å². The molecule has 5 heteroatoms. The lowest BCUT2D eigenvalue weighted by Gasteiger charge is -2.36. The van der Waals surface area contributed by atoms with Gasteiger partial charge in [-0.25, -0.2) is 0 Å². The molecule has 0 aromatic heterocycles. The van der Waals surface area contributed by atoms with Crippen LogP contribution in [0.4, 0.5) is 0 Å². The first-order chi connectivity index (χ1) is 18.2. The van der Waals surface area contributed by atoms with Gasteiger partial charge in [-0.15, -0.1) is 0 Å². The van der Waals surface area contributed by atoms with Gasteiger partial charge in [-0.3, -0.25) is 0 Å². The third kappa shape index (κ3) is 4.88. The fourth-order valence-corrected chi connectivity index (χ4v) is 7.09. The number of rotatable bonds is 10. The number of benzene rings is 3. The van der Waals surface area contributed by atoms with Crippen LogP contribution < -0.4 is 26.5 Å². The molecule has 3 aromatic carbocycles. The zero-order chi connectivity index (χ0) is 25.3. The molecule has 0 N–H and O–H groups in total. The highest BCUT2D eigenvalue weighted by Crippen LogP contribution is 2.57. The van der Waals surface area contributed by atoms with Gasteiger partial charge in [0, 0.05) is 18.3 Å². The van der Waals surface area contributed by atoms with Crippen LogP contribution in [0.5, 0.6) is 11.5 Å². The Morgan fingerprint density at radius 2 is 1.55 bits per heavy atom. The van der Waals surface area contributed by atoms with Crippen LogP contribution in [0.15, 0.2) is 91.5 Å². The van der Waals surface area contributed by atoms with Crippen LogP contribution in [0.25, 0.3) is 0 Å².